The van der Waals surface area contributed by atoms with E-state index in [1.165, 1.54) is 17.4 Å². The summed E-state index contributed by atoms with van der Waals surface area (Å²) < 4.78 is 32.1. The zero-order valence-electron chi connectivity index (χ0n) is 16.8. The number of aromatic nitrogens is 3. The molecule has 4 rings (SSSR count). The van der Waals surface area contributed by atoms with Crippen LogP contribution >= 0.6 is 11.3 Å². The van der Waals surface area contributed by atoms with Gasteiger partial charge in [0.15, 0.2) is 18.2 Å². The molecule has 1 saturated heterocycles. The Morgan fingerprint density at radius 2 is 2.16 bits per heavy atom. The molecule has 10 heteroatoms. The number of hydrogen-bond donors (Lipinski definition) is 1. The van der Waals surface area contributed by atoms with E-state index < -0.39 is 11.6 Å². The molecular formula is C21H21F2N5O2S. The van der Waals surface area contributed by atoms with Gasteiger partial charge in [-0.2, -0.15) is 0 Å². The monoisotopic (exact) mass is 445 g/mol. The van der Waals surface area contributed by atoms with E-state index in [1.807, 2.05) is 25.1 Å². The highest BCUT2D eigenvalue weighted by molar-refractivity contribution is 7.15. The minimum atomic E-state index is -0.839. The summed E-state index contributed by atoms with van der Waals surface area (Å²) in [6.45, 7) is 2.25. The number of halogens is 2. The molecule has 1 N–H and O–H groups in total. The van der Waals surface area contributed by atoms with Gasteiger partial charge >= 0.3 is 0 Å². The molecule has 0 spiro atoms. The van der Waals surface area contributed by atoms with Crippen LogP contribution in [0.3, 0.4) is 0 Å². The molecule has 0 radical (unpaired) electrons. The molecule has 0 saturated carbocycles. The maximum Gasteiger partial charge on any atom is 0.261 e. The number of hydrogen-bond acceptors (Lipinski definition) is 7. The molecule has 0 aliphatic carbocycles. The van der Waals surface area contributed by atoms with Crippen LogP contribution in [0.15, 0.2) is 36.4 Å². The zero-order chi connectivity index (χ0) is 21.8. The SMILES string of the molecule is CCc1nnc(Nc2cccc([C@@H]3CCCN3C(=O)COc3ccc(F)cc3F)n2)s1. The highest BCUT2D eigenvalue weighted by Gasteiger charge is 2.31. The normalized spacial score (nSPS) is 15.8. The number of nitrogens with zero attached hydrogens (tertiary/aromatic N) is 4. The van der Waals surface area contributed by atoms with Crippen molar-refractivity contribution in [3.63, 3.8) is 0 Å². The Kier molecular flexibility index (Phi) is 6.36. The van der Waals surface area contributed by atoms with Crippen LogP contribution in [0.25, 0.3) is 0 Å². The van der Waals surface area contributed by atoms with Gasteiger partial charge in [0.25, 0.3) is 5.91 Å². The van der Waals surface area contributed by atoms with E-state index in [0.717, 1.165) is 42.1 Å². The van der Waals surface area contributed by atoms with Crippen molar-refractivity contribution in [3.05, 3.63) is 58.7 Å². The molecule has 7 nitrogen and oxygen atoms in total. The summed E-state index contributed by atoms with van der Waals surface area (Å²) in [5, 5.41) is 12.9. The second-order valence-corrected chi connectivity index (χ2v) is 8.10. The average molecular weight is 445 g/mol. The molecule has 1 aliphatic rings. The molecule has 3 aromatic rings. The Bertz CT molecular complexity index is 1080. The molecule has 1 aromatic carbocycles. The second kappa shape index (κ2) is 9.34. The van der Waals surface area contributed by atoms with E-state index in [0.29, 0.717) is 17.5 Å². The van der Waals surface area contributed by atoms with Crippen LogP contribution in [-0.2, 0) is 11.2 Å². The van der Waals surface area contributed by atoms with E-state index in [4.69, 9.17) is 4.74 Å². The van der Waals surface area contributed by atoms with Crippen LogP contribution in [0.2, 0.25) is 0 Å². The van der Waals surface area contributed by atoms with Crippen molar-refractivity contribution in [3.8, 4) is 5.75 Å². The van der Waals surface area contributed by atoms with Crippen molar-refractivity contribution in [1.82, 2.24) is 20.1 Å². The summed E-state index contributed by atoms with van der Waals surface area (Å²) >= 11 is 1.47. The number of aryl methyl sites for hydroxylation is 1. The first-order valence-electron chi connectivity index (χ1n) is 9.97. The summed E-state index contributed by atoms with van der Waals surface area (Å²) in [5.74, 6) is -1.34. The quantitative estimate of drug-likeness (QED) is 0.585. The summed E-state index contributed by atoms with van der Waals surface area (Å²) in [6.07, 6.45) is 2.42. The Labute approximate surface area is 182 Å². The molecule has 0 unspecified atom stereocenters. The van der Waals surface area contributed by atoms with E-state index in [9.17, 15) is 13.6 Å². The van der Waals surface area contributed by atoms with E-state index in [1.54, 1.807) is 4.90 Å². The molecule has 1 fully saturated rings. The van der Waals surface area contributed by atoms with Gasteiger partial charge in [0, 0.05) is 12.6 Å². The number of anilines is 2. The van der Waals surface area contributed by atoms with Gasteiger partial charge in [-0.3, -0.25) is 4.79 Å². The maximum absolute atomic E-state index is 13.8. The Balaban J connectivity index is 1.43. The van der Waals surface area contributed by atoms with Crippen LogP contribution in [-0.4, -0.2) is 39.1 Å². The van der Waals surface area contributed by atoms with Gasteiger partial charge in [-0.25, -0.2) is 13.8 Å². The average Bonchev–Trinajstić information content (AvgIpc) is 3.43. The lowest BCUT2D eigenvalue weighted by Gasteiger charge is -2.24. The van der Waals surface area contributed by atoms with Gasteiger partial charge < -0.3 is 15.0 Å². The topological polar surface area (TPSA) is 80.2 Å². The summed E-state index contributed by atoms with van der Waals surface area (Å²) in [7, 11) is 0. The lowest BCUT2D eigenvalue weighted by Crippen LogP contribution is -2.34. The number of likely N-dealkylation sites (tertiary alicyclic amines) is 1. The molecule has 0 bridgehead atoms. The van der Waals surface area contributed by atoms with Crippen molar-refractivity contribution >= 4 is 28.2 Å². The summed E-state index contributed by atoms with van der Waals surface area (Å²) in [5.41, 5.74) is 0.754. The standard InChI is InChI=1S/C21H21F2N5O2S/c1-2-19-26-27-21(31-19)25-18-7-3-5-15(24-18)16-6-4-10-28(16)20(29)12-30-17-9-8-13(22)11-14(17)23/h3,5,7-9,11,16H,2,4,6,10,12H2,1H3,(H,24,25,27)/t16-/m0/s1. The lowest BCUT2D eigenvalue weighted by atomic mass is 10.1. The number of amides is 1. The number of carbonyl (C=O) groups is 1. The van der Waals surface area contributed by atoms with Gasteiger partial charge in [0.2, 0.25) is 5.13 Å². The minimum Gasteiger partial charge on any atom is -0.481 e. The lowest BCUT2D eigenvalue weighted by molar-refractivity contribution is -0.134. The number of ether oxygens (including phenoxy) is 1. The van der Waals surface area contributed by atoms with Crippen molar-refractivity contribution in [2.24, 2.45) is 0 Å². The first kappa shape index (κ1) is 21.1. The smallest absolute Gasteiger partial charge is 0.261 e. The van der Waals surface area contributed by atoms with Crippen LogP contribution in [0.4, 0.5) is 19.7 Å². The highest BCUT2D eigenvalue weighted by Crippen LogP contribution is 2.32. The zero-order valence-corrected chi connectivity index (χ0v) is 17.7. The van der Waals surface area contributed by atoms with Crippen molar-refractivity contribution < 1.29 is 18.3 Å². The van der Waals surface area contributed by atoms with Crippen molar-refractivity contribution in [1.29, 1.82) is 0 Å². The number of rotatable bonds is 7. The van der Waals surface area contributed by atoms with Gasteiger partial charge in [-0.1, -0.05) is 24.3 Å². The fourth-order valence-corrected chi connectivity index (χ4v) is 4.14. The third-order valence-electron chi connectivity index (χ3n) is 4.93. The minimum absolute atomic E-state index is 0.154. The molecule has 1 atom stereocenters. The van der Waals surface area contributed by atoms with Gasteiger partial charge in [-0.15, -0.1) is 10.2 Å². The van der Waals surface area contributed by atoms with Crippen molar-refractivity contribution in [2.75, 3.05) is 18.5 Å². The molecule has 1 amide bonds. The van der Waals surface area contributed by atoms with Gasteiger partial charge in [0.1, 0.15) is 16.6 Å². The maximum atomic E-state index is 13.8. The third-order valence-corrected chi connectivity index (χ3v) is 5.92. The van der Waals surface area contributed by atoms with E-state index in [2.05, 4.69) is 20.5 Å². The van der Waals surface area contributed by atoms with Crippen LogP contribution < -0.4 is 10.1 Å². The Morgan fingerprint density at radius 1 is 1.29 bits per heavy atom. The predicted molar refractivity (Wildman–Crippen MR) is 112 cm³/mol. The van der Waals surface area contributed by atoms with Crippen LogP contribution in [0.1, 0.15) is 36.5 Å². The molecule has 3 heterocycles. The van der Waals surface area contributed by atoms with Gasteiger partial charge in [-0.05, 0) is 43.5 Å². The van der Waals surface area contributed by atoms with Crippen LogP contribution in [0.5, 0.6) is 5.75 Å². The fraction of sp³-hybridized carbons (Fsp3) is 0.333. The van der Waals surface area contributed by atoms with E-state index in [-0.39, 0.29) is 24.3 Å². The molecule has 2 aromatic heterocycles. The molecule has 1 aliphatic heterocycles. The fourth-order valence-electron chi connectivity index (χ4n) is 3.45. The molecule has 31 heavy (non-hydrogen) atoms. The highest BCUT2D eigenvalue weighted by atomic mass is 32.1. The largest absolute Gasteiger partial charge is 0.481 e. The first-order valence-corrected chi connectivity index (χ1v) is 10.8. The molecular weight excluding hydrogens is 424 g/mol. The van der Waals surface area contributed by atoms with Crippen LogP contribution in [0, 0.1) is 11.6 Å². The Morgan fingerprint density at radius 3 is 2.94 bits per heavy atom. The first-order chi connectivity index (χ1) is 15.0. The number of benzene rings is 1. The van der Waals surface area contributed by atoms with Crippen molar-refractivity contribution in [2.45, 2.75) is 32.2 Å². The number of carbonyl (C=O) groups excluding carboxylic acids is 1. The van der Waals surface area contributed by atoms with E-state index >= 15 is 0 Å². The van der Waals surface area contributed by atoms with Gasteiger partial charge in [0.05, 0.1) is 11.7 Å². The number of pyridine rings is 1. The summed E-state index contributed by atoms with van der Waals surface area (Å²) in [6, 6.07) is 8.37. The summed E-state index contributed by atoms with van der Waals surface area (Å²) in [4.78, 5) is 19.1. The predicted octanol–water partition coefficient (Wildman–Crippen LogP) is 4.26. The molecule has 162 valence electrons. The third kappa shape index (κ3) is 4.96. The number of nitrogens with one attached hydrogen (secondary N) is 1. The Hall–Kier alpha value is -3.14. The second-order valence-electron chi connectivity index (χ2n) is 7.04.